The van der Waals surface area contributed by atoms with Crippen molar-refractivity contribution < 1.29 is 0 Å². The van der Waals surface area contributed by atoms with Gasteiger partial charge in [0, 0.05) is 30.2 Å². The van der Waals surface area contributed by atoms with Gasteiger partial charge in [-0.25, -0.2) is 0 Å². The molecule has 0 spiro atoms. The van der Waals surface area contributed by atoms with Crippen LogP contribution in [0.4, 0.5) is 5.69 Å². The number of aryl methyl sites for hydroxylation is 1. The lowest BCUT2D eigenvalue weighted by molar-refractivity contribution is 1.18. The summed E-state index contributed by atoms with van der Waals surface area (Å²) in [6.07, 6.45) is 0. The molecule has 0 fully saturated rings. The van der Waals surface area contributed by atoms with E-state index in [-0.39, 0.29) is 0 Å². The first-order valence-corrected chi connectivity index (χ1v) is 8.24. The van der Waals surface area contributed by atoms with E-state index in [0.29, 0.717) is 0 Å². The molecule has 90 valence electrons. The Balaban J connectivity index is 2.14. The van der Waals surface area contributed by atoms with Crippen molar-refractivity contribution in [3.05, 3.63) is 47.4 Å². The molecule has 0 aliphatic rings. The summed E-state index contributed by atoms with van der Waals surface area (Å²) in [6.45, 7) is 2.91. The highest BCUT2D eigenvalue weighted by molar-refractivity contribution is 9.11. The van der Waals surface area contributed by atoms with Crippen molar-refractivity contribution in [2.24, 2.45) is 0 Å². The Morgan fingerprint density at radius 1 is 1.12 bits per heavy atom. The fraction of sp³-hybridized carbons (Fsp3) is 0.167. The third-order valence-corrected chi connectivity index (χ3v) is 5.20. The molecular weight excluding hydrogens is 430 g/mol. The molecule has 1 heterocycles. The zero-order chi connectivity index (χ0) is 12.4. The monoisotopic (exact) mass is 437 g/mol. The Morgan fingerprint density at radius 3 is 2.29 bits per heavy atom. The average molecular weight is 440 g/mol. The quantitative estimate of drug-likeness (QED) is 0.622. The number of nitrogens with one attached hydrogen (secondary N) is 1. The van der Waals surface area contributed by atoms with Crippen LogP contribution in [0.15, 0.2) is 37.0 Å². The first-order chi connectivity index (χ1) is 8.06. The summed E-state index contributed by atoms with van der Waals surface area (Å²) in [5.74, 6) is 0. The lowest BCUT2D eigenvalue weighted by atomic mass is 10.2. The molecule has 2 aromatic rings. The maximum Gasteiger partial charge on any atom is 0.0632 e. The molecule has 0 saturated heterocycles. The van der Waals surface area contributed by atoms with Crippen molar-refractivity contribution in [2.75, 3.05) is 5.32 Å². The molecule has 2 rings (SSSR count). The van der Waals surface area contributed by atoms with Gasteiger partial charge in [-0.05, 0) is 78.5 Å². The number of benzene rings is 1. The molecule has 0 radical (unpaired) electrons. The lowest BCUT2D eigenvalue weighted by Gasteiger charge is -2.10. The third-order valence-electron chi connectivity index (χ3n) is 2.25. The van der Waals surface area contributed by atoms with Gasteiger partial charge in [0.05, 0.1) is 5.69 Å². The Labute approximate surface area is 130 Å². The lowest BCUT2D eigenvalue weighted by Crippen LogP contribution is -1.99. The van der Waals surface area contributed by atoms with Crippen molar-refractivity contribution in [3.8, 4) is 0 Å². The molecule has 1 nitrogen and oxygen atoms in total. The predicted molar refractivity (Wildman–Crippen MR) is 85.9 cm³/mol. The third kappa shape index (κ3) is 3.56. The number of halogens is 3. The van der Waals surface area contributed by atoms with Gasteiger partial charge in [-0.1, -0.05) is 0 Å². The smallest absolute Gasteiger partial charge is 0.0632 e. The van der Waals surface area contributed by atoms with E-state index in [1.807, 2.05) is 0 Å². The van der Waals surface area contributed by atoms with Crippen molar-refractivity contribution >= 4 is 64.8 Å². The Morgan fingerprint density at radius 2 is 1.76 bits per heavy atom. The number of hydrogen-bond acceptors (Lipinski definition) is 2. The molecule has 0 atom stereocenters. The van der Waals surface area contributed by atoms with Gasteiger partial charge in [0.25, 0.3) is 0 Å². The van der Waals surface area contributed by atoms with E-state index in [4.69, 9.17) is 0 Å². The maximum absolute atomic E-state index is 3.58. The van der Waals surface area contributed by atoms with Crippen LogP contribution >= 0.6 is 59.1 Å². The second kappa shape index (κ2) is 5.87. The number of hydrogen-bond donors (Lipinski definition) is 1. The van der Waals surface area contributed by atoms with Crippen LogP contribution in [-0.4, -0.2) is 0 Å². The molecule has 1 aromatic heterocycles. The minimum absolute atomic E-state index is 0.830. The highest BCUT2D eigenvalue weighted by atomic mass is 79.9. The molecule has 1 aromatic carbocycles. The largest absolute Gasteiger partial charge is 0.378 e. The van der Waals surface area contributed by atoms with Crippen LogP contribution in [0, 0.1) is 6.92 Å². The van der Waals surface area contributed by atoms with Gasteiger partial charge in [0.15, 0.2) is 0 Å². The van der Waals surface area contributed by atoms with Gasteiger partial charge in [0.1, 0.15) is 0 Å². The summed E-state index contributed by atoms with van der Waals surface area (Å²) in [5.41, 5.74) is 2.33. The molecule has 0 aliphatic carbocycles. The second-order valence-electron chi connectivity index (χ2n) is 3.69. The van der Waals surface area contributed by atoms with E-state index < -0.39 is 0 Å². The van der Waals surface area contributed by atoms with Gasteiger partial charge < -0.3 is 5.32 Å². The normalized spacial score (nSPS) is 10.6. The van der Waals surface area contributed by atoms with Crippen LogP contribution in [0.5, 0.6) is 0 Å². The van der Waals surface area contributed by atoms with Crippen LogP contribution in [-0.2, 0) is 6.54 Å². The molecule has 17 heavy (non-hydrogen) atoms. The standard InChI is InChI=1S/C12H10Br3NS/c1-7-2-10(14)12(11(15)3-7)16-5-9-4-8(13)6-17-9/h2-4,6,16H,5H2,1H3. The van der Waals surface area contributed by atoms with Crippen molar-refractivity contribution in [1.82, 2.24) is 0 Å². The van der Waals surface area contributed by atoms with Gasteiger partial charge in [-0.3, -0.25) is 0 Å². The topological polar surface area (TPSA) is 12.0 Å². The molecule has 0 amide bonds. The molecule has 5 heteroatoms. The average Bonchev–Trinajstić information content (AvgIpc) is 2.62. The number of rotatable bonds is 3. The highest BCUT2D eigenvalue weighted by Gasteiger charge is 2.06. The maximum atomic E-state index is 3.58. The summed E-state index contributed by atoms with van der Waals surface area (Å²) in [7, 11) is 0. The number of anilines is 1. The molecule has 1 N–H and O–H groups in total. The van der Waals surface area contributed by atoms with Crippen molar-refractivity contribution in [3.63, 3.8) is 0 Å². The number of thiophene rings is 1. The van der Waals surface area contributed by atoms with E-state index >= 15 is 0 Å². The SMILES string of the molecule is Cc1cc(Br)c(NCc2cc(Br)cs2)c(Br)c1. The second-order valence-corrected chi connectivity index (χ2v) is 7.31. The molecule has 0 saturated carbocycles. The summed E-state index contributed by atoms with van der Waals surface area (Å²) < 4.78 is 3.31. The molecule has 0 unspecified atom stereocenters. The first kappa shape index (κ1) is 13.6. The zero-order valence-electron chi connectivity index (χ0n) is 9.06. The van der Waals surface area contributed by atoms with Crippen LogP contribution in [0.1, 0.15) is 10.4 Å². The molecule has 0 bridgehead atoms. The summed E-state index contributed by atoms with van der Waals surface area (Å²) in [5, 5.41) is 5.53. The van der Waals surface area contributed by atoms with Crippen molar-refractivity contribution in [1.29, 1.82) is 0 Å². The predicted octanol–water partition coefficient (Wildman–Crippen LogP) is 5.96. The van der Waals surface area contributed by atoms with Crippen LogP contribution in [0.2, 0.25) is 0 Å². The van der Waals surface area contributed by atoms with Gasteiger partial charge in [-0.15, -0.1) is 11.3 Å². The fourth-order valence-corrected chi connectivity index (χ4v) is 4.58. The summed E-state index contributed by atoms with van der Waals surface area (Å²) in [4.78, 5) is 1.30. The zero-order valence-corrected chi connectivity index (χ0v) is 14.6. The minimum atomic E-state index is 0.830. The summed E-state index contributed by atoms with van der Waals surface area (Å²) in [6, 6.07) is 6.35. The Hall–Kier alpha value is 0.160. The van der Waals surface area contributed by atoms with E-state index in [1.165, 1.54) is 10.4 Å². The van der Waals surface area contributed by atoms with E-state index in [2.05, 4.69) is 83.6 Å². The Kier molecular flexibility index (Phi) is 4.69. The molecule has 0 aliphatic heterocycles. The Bertz CT molecular complexity index is 513. The van der Waals surface area contributed by atoms with Crippen LogP contribution in [0.3, 0.4) is 0 Å². The van der Waals surface area contributed by atoms with Gasteiger partial charge in [0.2, 0.25) is 0 Å². The van der Waals surface area contributed by atoms with Crippen LogP contribution in [0.25, 0.3) is 0 Å². The van der Waals surface area contributed by atoms with Crippen molar-refractivity contribution in [2.45, 2.75) is 13.5 Å². The first-order valence-electron chi connectivity index (χ1n) is 4.98. The fourth-order valence-electron chi connectivity index (χ4n) is 1.49. The van der Waals surface area contributed by atoms with E-state index in [1.54, 1.807) is 11.3 Å². The van der Waals surface area contributed by atoms with E-state index in [0.717, 1.165) is 25.7 Å². The van der Waals surface area contributed by atoms with Gasteiger partial charge >= 0.3 is 0 Å². The highest BCUT2D eigenvalue weighted by Crippen LogP contribution is 2.33. The van der Waals surface area contributed by atoms with Crippen LogP contribution < -0.4 is 5.32 Å². The minimum Gasteiger partial charge on any atom is -0.378 e. The van der Waals surface area contributed by atoms with E-state index in [9.17, 15) is 0 Å². The molecular formula is C12H10Br3NS. The summed E-state index contributed by atoms with van der Waals surface area (Å²) >= 11 is 12.4. The van der Waals surface area contributed by atoms with Gasteiger partial charge in [-0.2, -0.15) is 0 Å².